The van der Waals surface area contributed by atoms with E-state index in [1.807, 2.05) is 6.92 Å². The summed E-state index contributed by atoms with van der Waals surface area (Å²) >= 11 is 5.78. The molecule has 1 rings (SSSR count). The molecule has 0 aromatic heterocycles. The quantitative estimate of drug-likeness (QED) is 0.588. The minimum Gasteiger partial charge on any atom is -0.496 e. The number of rotatable bonds is 5. The van der Waals surface area contributed by atoms with E-state index in [2.05, 4.69) is 0 Å². The number of ketones is 1. The molecule has 1 unspecified atom stereocenters. The van der Waals surface area contributed by atoms with Gasteiger partial charge in [-0.1, -0.05) is 0 Å². The van der Waals surface area contributed by atoms with Crippen LogP contribution in [0.25, 0.3) is 0 Å². The lowest BCUT2D eigenvalue weighted by molar-refractivity contribution is 0.0988. The van der Waals surface area contributed by atoms with E-state index < -0.39 is 5.38 Å². The van der Waals surface area contributed by atoms with Crippen LogP contribution in [-0.4, -0.2) is 24.9 Å². The number of benzene rings is 1. The van der Waals surface area contributed by atoms with Crippen molar-refractivity contribution >= 4 is 17.4 Å². The van der Waals surface area contributed by atoms with Gasteiger partial charge in [-0.3, -0.25) is 4.79 Å². The highest BCUT2D eigenvalue weighted by Gasteiger charge is 2.17. The van der Waals surface area contributed by atoms with Crippen LogP contribution in [0.15, 0.2) is 18.2 Å². The number of carbonyl (C=O) groups excluding carboxylic acids is 1. The van der Waals surface area contributed by atoms with E-state index in [4.69, 9.17) is 21.1 Å². The van der Waals surface area contributed by atoms with Crippen LogP contribution in [0.3, 0.4) is 0 Å². The van der Waals surface area contributed by atoms with E-state index in [1.165, 1.54) is 7.11 Å². The lowest BCUT2D eigenvalue weighted by Crippen LogP contribution is -2.12. The maximum atomic E-state index is 11.8. The maximum absolute atomic E-state index is 11.8. The Labute approximate surface area is 100 Å². The standard InChI is InChI=1S/C12H15ClO3/c1-4-16-9-5-6-11(15-3)10(7-9)12(14)8(2)13/h5-8H,4H2,1-3H3. The van der Waals surface area contributed by atoms with Crippen LogP contribution >= 0.6 is 11.6 Å². The molecule has 88 valence electrons. The molecule has 1 atom stereocenters. The largest absolute Gasteiger partial charge is 0.496 e. The fourth-order valence-corrected chi connectivity index (χ4v) is 1.47. The van der Waals surface area contributed by atoms with Crippen molar-refractivity contribution in [3.05, 3.63) is 23.8 Å². The molecule has 0 N–H and O–H groups in total. The average molecular weight is 243 g/mol. The van der Waals surface area contributed by atoms with Gasteiger partial charge in [0.25, 0.3) is 0 Å². The van der Waals surface area contributed by atoms with Crippen molar-refractivity contribution in [2.24, 2.45) is 0 Å². The molecule has 0 radical (unpaired) electrons. The molecule has 0 heterocycles. The minimum absolute atomic E-state index is 0.167. The van der Waals surface area contributed by atoms with Crippen molar-refractivity contribution in [3.63, 3.8) is 0 Å². The van der Waals surface area contributed by atoms with Crippen LogP contribution in [0.4, 0.5) is 0 Å². The molecule has 0 spiro atoms. The van der Waals surface area contributed by atoms with Crippen LogP contribution in [0, 0.1) is 0 Å². The van der Waals surface area contributed by atoms with E-state index in [-0.39, 0.29) is 5.78 Å². The van der Waals surface area contributed by atoms with E-state index in [0.717, 1.165) is 0 Å². The molecule has 0 amide bonds. The summed E-state index contributed by atoms with van der Waals surface area (Å²) in [4.78, 5) is 11.8. The molecule has 0 saturated carbocycles. The second-order valence-corrected chi connectivity index (χ2v) is 3.93. The number of carbonyl (C=O) groups is 1. The number of hydrogen-bond acceptors (Lipinski definition) is 3. The van der Waals surface area contributed by atoms with Gasteiger partial charge in [-0.05, 0) is 32.0 Å². The summed E-state index contributed by atoms with van der Waals surface area (Å²) in [5.41, 5.74) is 0.455. The average Bonchev–Trinajstić information content (AvgIpc) is 2.28. The van der Waals surface area contributed by atoms with Crippen LogP contribution in [0.1, 0.15) is 24.2 Å². The van der Waals surface area contributed by atoms with Crippen LogP contribution < -0.4 is 9.47 Å². The van der Waals surface area contributed by atoms with E-state index in [0.29, 0.717) is 23.7 Å². The van der Waals surface area contributed by atoms with Crippen LogP contribution in [0.2, 0.25) is 0 Å². The van der Waals surface area contributed by atoms with Gasteiger partial charge in [-0.25, -0.2) is 0 Å². The fraction of sp³-hybridized carbons (Fsp3) is 0.417. The van der Waals surface area contributed by atoms with Gasteiger partial charge in [-0.2, -0.15) is 0 Å². The Kier molecular flexibility index (Phi) is 4.62. The van der Waals surface area contributed by atoms with Crippen LogP contribution in [-0.2, 0) is 0 Å². The zero-order chi connectivity index (χ0) is 12.1. The second-order valence-electron chi connectivity index (χ2n) is 3.28. The molecule has 0 aliphatic heterocycles. The summed E-state index contributed by atoms with van der Waals surface area (Å²) in [6, 6.07) is 5.12. The molecule has 0 saturated heterocycles. The lowest BCUT2D eigenvalue weighted by atomic mass is 10.1. The van der Waals surface area contributed by atoms with Gasteiger partial charge in [0.15, 0.2) is 5.78 Å². The zero-order valence-electron chi connectivity index (χ0n) is 9.62. The van der Waals surface area contributed by atoms with Crippen LogP contribution in [0.5, 0.6) is 11.5 Å². The summed E-state index contributed by atoms with van der Waals surface area (Å²) in [7, 11) is 1.52. The Morgan fingerprint density at radius 3 is 2.69 bits per heavy atom. The summed E-state index contributed by atoms with van der Waals surface area (Å²) in [5.74, 6) is 0.991. The Balaban J connectivity index is 3.11. The molecule has 0 aliphatic carbocycles. The van der Waals surface area contributed by atoms with E-state index in [1.54, 1.807) is 25.1 Å². The fourth-order valence-electron chi connectivity index (χ4n) is 1.35. The smallest absolute Gasteiger partial charge is 0.184 e. The van der Waals surface area contributed by atoms with Crippen molar-refractivity contribution in [1.82, 2.24) is 0 Å². The van der Waals surface area contributed by atoms with Gasteiger partial charge in [-0.15, -0.1) is 11.6 Å². The van der Waals surface area contributed by atoms with Crippen molar-refractivity contribution in [2.75, 3.05) is 13.7 Å². The Hall–Kier alpha value is -1.22. The number of ether oxygens (including phenoxy) is 2. The number of halogens is 1. The third-order valence-electron chi connectivity index (χ3n) is 2.11. The summed E-state index contributed by atoms with van der Waals surface area (Å²) in [5, 5.41) is -0.578. The first-order valence-corrected chi connectivity index (χ1v) is 5.53. The predicted molar refractivity (Wildman–Crippen MR) is 63.8 cm³/mol. The van der Waals surface area contributed by atoms with Gasteiger partial charge in [0.2, 0.25) is 0 Å². The monoisotopic (exact) mass is 242 g/mol. The lowest BCUT2D eigenvalue weighted by Gasteiger charge is -2.11. The molecule has 0 bridgehead atoms. The number of hydrogen-bond donors (Lipinski definition) is 0. The Morgan fingerprint density at radius 2 is 2.19 bits per heavy atom. The Bertz CT molecular complexity index is 375. The number of Topliss-reactive ketones (excluding diaryl/α,β-unsaturated/α-hetero) is 1. The molecule has 16 heavy (non-hydrogen) atoms. The molecule has 1 aromatic rings. The molecule has 1 aromatic carbocycles. The van der Waals surface area contributed by atoms with Gasteiger partial charge < -0.3 is 9.47 Å². The minimum atomic E-state index is -0.578. The third kappa shape index (κ3) is 2.89. The summed E-state index contributed by atoms with van der Waals surface area (Å²) in [6.45, 7) is 4.07. The molecule has 4 heteroatoms. The van der Waals surface area contributed by atoms with Crippen molar-refractivity contribution in [3.8, 4) is 11.5 Å². The van der Waals surface area contributed by atoms with Gasteiger partial charge in [0.1, 0.15) is 11.5 Å². The molecule has 0 fully saturated rings. The Morgan fingerprint density at radius 1 is 1.50 bits per heavy atom. The highest BCUT2D eigenvalue weighted by atomic mass is 35.5. The van der Waals surface area contributed by atoms with Gasteiger partial charge in [0.05, 0.1) is 24.7 Å². The van der Waals surface area contributed by atoms with Crippen molar-refractivity contribution in [1.29, 1.82) is 0 Å². The summed E-state index contributed by atoms with van der Waals surface area (Å²) < 4.78 is 10.4. The summed E-state index contributed by atoms with van der Waals surface area (Å²) in [6.07, 6.45) is 0. The first-order chi connectivity index (χ1) is 7.60. The second kappa shape index (κ2) is 5.75. The highest BCUT2D eigenvalue weighted by molar-refractivity contribution is 6.34. The molecular weight excluding hydrogens is 228 g/mol. The van der Waals surface area contributed by atoms with E-state index in [9.17, 15) is 4.79 Å². The van der Waals surface area contributed by atoms with E-state index >= 15 is 0 Å². The molecule has 0 aliphatic rings. The predicted octanol–water partition coefficient (Wildman–Crippen LogP) is 2.90. The maximum Gasteiger partial charge on any atom is 0.184 e. The van der Waals surface area contributed by atoms with Crippen molar-refractivity contribution in [2.45, 2.75) is 19.2 Å². The topological polar surface area (TPSA) is 35.5 Å². The third-order valence-corrected chi connectivity index (χ3v) is 2.31. The first-order valence-electron chi connectivity index (χ1n) is 5.09. The SMILES string of the molecule is CCOc1ccc(OC)c(C(=O)C(C)Cl)c1. The molecular formula is C12H15ClO3. The zero-order valence-corrected chi connectivity index (χ0v) is 10.4. The normalized spacial score (nSPS) is 12.0. The number of alkyl halides is 1. The van der Waals surface area contributed by atoms with Crippen molar-refractivity contribution < 1.29 is 14.3 Å². The highest BCUT2D eigenvalue weighted by Crippen LogP contribution is 2.26. The van der Waals surface area contributed by atoms with Gasteiger partial charge >= 0.3 is 0 Å². The molecule has 3 nitrogen and oxygen atoms in total. The first kappa shape index (κ1) is 12.8. The number of methoxy groups -OCH3 is 1. The van der Waals surface area contributed by atoms with Gasteiger partial charge in [0, 0.05) is 0 Å².